The van der Waals surface area contributed by atoms with E-state index in [-0.39, 0.29) is 30.1 Å². The van der Waals surface area contributed by atoms with Crippen LogP contribution in [0.3, 0.4) is 0 Å². The largest absolute Gasteiger partial charge is 0.348 e. The van der Waals surface area contributed by atoms with E-state index < -0.39 is 41.8 Å². The number of carbonyl (C=O) groups is 2. The molecular weight excluding hydrogens is 406 g/mol. The number of carbonyl (C=O) groups excluding carboxylic acids is 2. The Morgan fingerprint density at radius 2 is 2.07 bits per heavy atom. The Morgan fingerprint density at radius 1 is 1.41 bits per heavy atom. The maximum atomic E-state index is 13.2. The third-order valence-corrected chi connectivity index (χ3v) is 4.02. The average Bonchev–Trinajstić information content (AvgIpc) is 2.63. The predicted molar refractivity (Wildman–Crippen MR) is 102 cm³/mol. The van der Waals surface area contributed by atoms with Crippen molar-refractivity contribution in [2.75, 3.05) is 25.1 Å². The van der Waals surface area contributed by atoms with Crippen LogP contribution in [0.25, 0.3) is 0 Å². The summed E-state index contributed by atoms with van der Waals surface area (Å²) in [6.07, 6.45) is 2.00. The van der Waals surface area contributed by atoms with Crippen LogP contribution in [0.15, 0.2) is 24.3 Å². The number of benzene rings is 1. The molecule has 0 aliphatic carbocycles. The molecule has 1 atom stereocenters. The number of nitro benzene ring substituents is 1. The van der Waals surface area contributed by atoms with Gasteiger partial charge in [-0.1, -0.05) is 6.07 Å². The van der Waals surface area contributed by atoms with E-state index in [1.165, 1.54) is 30.0 Å². The third-order valence-electron chi connectivity index (χ3n) is 3.37. The molecule has 0 aliphatic heterocycles. The lowest BCUT2D eigenvalue weighted by molar-refractivity contribution is -0.384. The fraction of sp³-hybridized carbons (Fsp3) is 0.467. The number of nitrogens with one attached hydrogen (secondary N) is 2. The van der Waals surface area contributed by atoms with Crippen molar-refractivity contribution in [3.63, 3.8) is 0 Å². The molecule has 0 heterocycles. The molecule has 0 bridgehead atoms. The number of nitro groups is 1. The molecule has 152 valence electrons. The number of nitrogens with two attached hydrogens (primary N) is 1. The molecule has 1 aromatic carbocycles. The standard InChI is InChI=1S/C15H20F2N4O4S.ClH/c1-26-6-5-12(14(23)19-9-15(16,17)8-18)20-13(22)10-3-2-4-11(7-10)21(24)25;/h2-4,7,12H,5-6,8-9,18H2,1H3,(H,19,23)(H,20,22);1H. The molecule has 0 aliphatic rings. The minimum Gasteiger partial charge on any atom is -0.348 e. The second kappa shape index (κ2) is 11.7. The van der Waals surface area contributed by atoms with E-state index in [0.29, 0.717) is 5.75 Å². The van der Waals surface area contributed by atoms with Gasteiger partial charge in [-0.05, 0) is 24.5 Å². The quantitative estimate of drug-likeness (QED) is 0.385. The van der Waals surface area contributed by atoms with Gasteiger partial charge in [0.05, 0.1) is 18.0 Å². The molecule has 12 heteroatoms. The van der Waals surface area contributed by atoms with Crippen LogP contribution < -0.4 is 16.4 Å². The first-order valence-electron chi connectivity index (χ1n) is 7.60. The summed E-state index contributed by atoms with van der Waals surface area (Å²) in [6, 6.07) is 3.94. The van der Waals surface area contributed by atoms with Gasteiger partial charge in [0.1, 0.15) is 6.04 Å². The third kappa shape index (κ3) is 8.50. The van der Waals surface area contributed by atoms with Crippen molar-refractivity contribution < 1.29 is 23.3 Å². The summed E-state index contributed by atoms with van der Waals surface area (Å²) in [7, 11) is 0. The number of halogens is 3. The summed E-state index contributed by atoms with van der Waals surface area (Å²) < 4.78 is 26.4. The van der Waals surface area contributed by atoms with Crippen molar-refractivity contribution in [1.29, 1.82) is 0 Å². The number of thioether (sulfide) groups is 1. The fourth-order valence-corrected chi connectivity index (χ4v) is 2.39. The van der Waals surface area contributed by atoms with Crippen LogP contribution in [0.2, 0.25) is 0 Å². The van der Waals surface area contributed by atoms with E-state index in [9.17, 15) is 28.5 Å². The van der Waals surface area contributed by atoms with Gasteiger partial charge in [-0.2, -0.15) is 11.8 Å². The van der Waals surface area contributed by atoms with Crippen molar-refractivity contribution in [1.82, 2.24) is 10.6 Å². The zero-order chi connectivity index (χ0) is 19.7. The Bertz CT molecular complexity index is 666. The van der Waals surface area contributed by atoms with Crippen LogP contribution in [0, 0.1) is 10.1 Å². The molecule has 8 nitrogen and oxygen atoms in total. The number of alkyl halides is 2. The van der Waals surface area contributed by atoms with Gasteiger partial charge in [-0.25, -0.2) is 8.78 Å². The molecule has 0 fully saturated rings. The highest BCUT2D eigenvalue weighted by atomic mass is 35.5. The van der Waals surface area contributed by atoms with Crippen molar-refractivity contribution in [3.8, 4) is 0 Å². The summed E-state index contributed by atoms with van der Waals surface area (Å²) in [5.74, 6) is -4.23. The van der Waals surface area contributed by atoms with Crippen LogP contribution >= 0.6 is 24.2 Å². The average molecular weight is 427 g/mol. The van der Waals surface area contributed by atoms with E-state index in [1.54, 1.807) is 6.26 Å². The van der Waals surface area contributed by atoms with Crippen LogP contribution in [-0.4, -0.2) is 53.8 Å². The Labute approximate surface area is 165 Å². The van der Waals surface area contributed by atoms with E-state index in [1.807, 2.05) is 0 Å². The van der Waals surface area contributed by atoms with Gasteiger partial charge in [-0.3, -0.25) is 19.7 Å². The molecule has 1 rings (SSSR count). The summed E-state index contributed by atoms with van der Waals surface area (Å²) in [5.41, 5.74) is 4.64. The van der Waals surface area contributed by atoms with Gasteiger partial charge in [0, 0.05) is 17.7 Å². The van der Waals surface area contributed by atoms with Gasteiger partial charge >= 0.3 is 0 Å². The van der Waals surface area contributed by atoms with Crippen LogP contribution in [0.1, 0.15) is 16.8 Å². The number of hydrogen-bond donors (Lipinski definition) is 3. The first-order valence-corrected chi connectivity index (χ1v) is 8.99. The van der Waals surface area contributed by atoms with E-state index >= 15 is 0 Å². The second-order valence-corrected chi connectivity index (χ2v) is 6.38. The fourth-order valence-electron chi connectivity index (χ4n) is 1.92. The Hall–Kier alpha value is -1.98. The monoisotopic (exact) mass is 426 g/mol. The topological polar surface area (TPSA) is 127 Å². The minimum absolute atomic E-state index is 0. The number of non-ortho nitro benzene ring substituents is 1. The minimum atomic E-state index is -3.25. The number of hydrogen-bond acceptors (Lipinski definition) is 6. The van der Waals surface area contributed by atoms with Crippen molar-refractivity contribution in [2.45, 2.75) is 18.4 Å². The molecule has 0 aromatic heterocycles. The first-order chi connectivity index (χ1) is 12.2. The Kier molecular flexibility index (Phi) is 10.8. The first kappa shape index (κ1) is 25.0. The summed E-state index contributed by atoms with van der Waals surface area (Å²) in [5, 5.41) is 15.3. The molecular formula is C15H21ClF2N4O4S. The van der Waals surface area contributed by atoms with Gasteiger partial charge in [0.25, 0.3) is 17.5 Å². The van der Waals surface area contributed by atoms with E-state index in [4.69, 9.17) is 5.73 Å². The lowest BCUT2D eigenvalue weighted by Crippen LogP contribution is -2.50. The molecule has 1 unspecified atom stereocenters. The summed E-state index contributed by atoms with van der Waals surface area (Å²) in [6.45, 7) is -1.85. The van der Waals surface area contributed by atoms with Crippen molar-refractivity contribution in [2.24, 2.45) is 5.73 Å². The van der Waals surface area contributed by atoms with E-state index in [0.717, 1.165) is 6.07 Å². The van der Waals surface area contributed by atoms with Crippen molar-refractivity contribution >= 4 is 41.7 Å². The number of amides is 2. The van der Waals surface area contributed by atoms with Gasteiger partial charge < -0.3 is 16.4 Å². The molecule has 0 spiro atoms. The Morgan fingerprint density at radius 3 is 2.63 bits per heavy atom. The second-order valence-electron chi connectivity index (χ2n) is 5.39. The molecule has 1 aromatic rings. The molecule has 0 saturated carbocycles. The van der Waals surface area contributed by atoms with Crippen LogP contribution in [-0.2, 0) is 4.79 Å². The highest BCUT2D eigenvalue weighted by Crippen LogP contribution is 2.14. The number of nitrogens with zero attached hydrogens (tertiary/aromatic N) is 1. The van der Waals surface area contributed by atoms with E-state index in [2.05, 4.69) is 10.6 Å². The van der Waals surface area contributed by atoms with Gasteiger partial charge in [0.2, 0.25) is 5.91 Å². The lowest BCUT2D eigenvalue weighted by Gasteiger charge is -2.20. The highest BCUT2D eigenvalue weighted by Gasteiger charge is 2.29. The highest BCUT2D eigenvalue weighted by molar-refractivity contribution is 7.98. The molecule has 0 radical (unpaired) electrons. The summed E-state index contributed by atoms with van der Waals surface area (Å²) in [4.78, 5) is 34.5. The van der Waals surface area contributed by atoms with Gasteiger partial charge in [0.15, 0.2) is 0 Å². The maximum Gasteiger partial charge on any atom is 0.277 e. The zero-order valence-corrected chi connectivity index (χ0v) is 16.1. The normalized spacial score (nSPS) is 11.9. The molecule has 27 heavy (non-hydrogen) atoms. The zero-order valence-electron chi connectivity index (χ0n) is 14.4. The molecule has 4 N–H and O–H groups in total. The molecule has 0 saturated heterocycles. The predicted octanol–water partition coefficient (Wildman–Crippen LogP) is 1.58. The smallest absolute Gasteiger partial charge is 0.277 e. The molecule has 2 amide bonds. The van der Waals surface area contributed by atoms with Crippen molar-refractivity contribution in [3.05, 3.63) is 39.9 Å². The SMILES string of the molecule is CSCCC(NC(=O)c1cccc([N+](=O)[O-])c1)C(=O)NCC(F)(F)CN.Cl. The Balaban J connectivity index is 0.00000676. The summed E-state index contributed by atoms with van der Waals surface area (Å²) >= 11 is 1.42. The van der Waals surface area contributed by atoms with Crippen LogP contribution in [0.4, 0.5) is 14.5 Å². The maximum absolute atomic E-state index is 13.2. The van der Waals surface area contributed by atoms with Crippen LogP contribution in [0.5, 0.6) is 0 Å². The number of rotatable bonds is 10. The lowest BCUT2D eigenvalue weighted by atomic mass is 10.1. The van der Waals surface area contributed by atoms with Gasteiger partial charge in [-0.15, -0.1) is 12.4 Å².